The molecule has 0 atom stereocenters. The van der Waals surface area contributed by atoms with Gasteiger partial charge in [0.25, 0.3) is 0 Å². The van der Waals surface area contributed by atoms with Crippen LogP contribution in [0.3, 0.4) is 0 Å². The summed E-state index contributed by atoms with van der Waals surface area (Å²) in [5, 5.41) is 0. The highest BCUT2D eigenvalue weighted by molar-refractivity contribution is 5.94. The smallest absolute Gasteiger partial charge is 0.0468 e. The second-order valence-corrected chi connectivity index (χ2v) is 12.2. The number of nitrogens with zero attached hydrogens (tertiary/aromatic N) is 1. The van der Waals surface area contributed by atoms with Gasteiger partial charge in [-0.2, -0.15) is 0 Å². The summed E-state index contributed by atoms with van der Waals surface area (Å²) >= 11 is 0. The van der Waals surface area contributed by atoms with Crippen LogP contribution in [0.5, 0.6) is 0 Å². The first-order valence-electron chi connectivity index (χ1n) is 17.1. The molecular formula is C49H39N. The van der Waals surface area contributed by atoms with Crippen LogP contribution in [0, 0.1) is 0 Å². The third-order valence-electron chi connectivity index (χ3n) is 8.98. The van der Waals surface area contributed by atoms with Crippen LogP contribution < -0.4 is 4.90 Å². The predicted molar refractivity (Wildman–Crippen MR) is 216 cm³/mol. The van der Waals surface area contributed by atoms with Gasteiger partial charge in [0.15, 0.2) is 0 Å². The molecule has 0 saturated heterocycles. The van der Waals surface area contributed by atoms with E-state index in [1.807, 2.05) is 31.2 Å². The quantitative estimate of drug-likeness (QED) is 0.134. The van der Waals surface area contributed by atoms with Crippen molar-refractivity contribution in [1.29, 1.82) is 0 Å². The Labute approximate surface area is 296 Å². The van der Waals surface area contributed by atoms with Gasteiger partial charge in [0.1, 0.15) is 0 Å². The first kappa shape index (κ1) is 32.1. The molecule has 0 fully saturated rings. The third-order valence-corrected chi connectivity index (χ3v) is 8.98. The molecule has 0 spiro atoms. The summed E-state index contributed by atoms with van der Waals surface area (Å²) < 4.78 is 0. The van der Waals surface area contributed by atoms with Gasteiger partial charge in [-0.05, 0) is 99.0 Å². The minimum absolute atomic E-state index is 0.973. The van der Waals surface area contributed by atoms with E-state index in [-0.39, 0.29) is 0 Å². The van der Waals surface area contributed by atoms with Crippen molar-refractivity contribution in [2.45, 2.75) is 6.92 Å². The zero-order valence-electron chi connectivity index (χ0n) is 28.3. The van der Waals surface area contributed by atoms with Gasteiger partial charge < -0.3 is 4.90 Å². The highest BCUT2D eigenvalue weighted by Crippen LogP contribution is 2.43. The Kier molecular flexibility index (Phi) is 9.76. The van der Waals surface area contributed by atoms with Crippen molar-refractivity contribution in [3.8, 4) is 44.5 Å². The Morgan fingerprint density at radius 3 is 1.48 bits per heavy atom. The normalized spacial score (nSPS) is 11.2. The fourth-order valence-corrected chi connectivity index (χ4v) is 6.43. The predicted octanol–water partition coefficient (Wildman–Crippen LogP) is 14.0. The van der Waals surface area contributed by atoms with Crippen molar-refractivity contribution in [2.24, 2.45) is 0 Å². The van der Waals surface area contributed by atoms with E-state index in [0.717, 1.165) is 28.2 Å². The molecule has 0 N–H and O–H groups in total. The largest absolute Gasteiger partial charge is 0.310 e. The maximum absolute atomic E-state index is 4.30. The fourth-order valence-electron chi connectivity index (χ4n) is 6.43. The van der Waals surface area contributed by atoms with Crippen molar-refractivity contribution >= 4 is 22.6 Å². The van der Waals surface area contributed by atoms with E-state index >= 15 is 0 Å². The number of hydrogen-bond donors (Lipinski definition) is 0. The van der Waals surface area contributed by atoms with Gasteiger partial charge in [-0.25, -0.2) is 0 Å². The van der Waals surface area contributed by atoms with Crippen molar-refractivity contribution < 1.29 is 0 Å². The number of rotatable bonds is 10. The van der Waals surface area contributed by atoms with E-state index in [0.29, 0.717) is 0 Å². The van der Waals surface area contributed by atoms with Crippen LogP contribution in [0.15, 0.2) is 213 Å². The molecule has 0 aliphatic rings. The van der Waals surface area contributed by atoms with Gasteiger partial charge >= 0.3 is 0 Å². The summed E-state index contributed by atoms with van der Waals surface area (Å²) in [7, 11) is 0. The van der Waals surface area contributed by atoms with Gasteiger partial charge in [0.2, 0.25) is 0 Å². The Hall–Kier alpha value is -6.44. The van der Waals surface area contributed by atoms with Crippen LogP contribution in [0.4, 0.5) is 17.1 Å². The summed E-state index contributed by atoms with van der Waals surface area (Å²) in [6.45, 7) is 6.32. The van der Waals surface area contributed by atoms with E-state index in [4.69, 9.17) is 0 Å². The molecule has 50 heavy (non-hydrogen) atoms. The lowest BCUT2D eigenvalue weighted by Gasteiger charge is -2.27. The standard InChI is InChI=1S/C49H39N/c1-3-4-8-17-37(2)38-26-30-43(31-27-38)50(44-32-28-40(29-33-44)39-18-9-5-10-19-39)45-34-35-48(49(36-45)42-22-13-7-14-23-42)47-25-16-15-24-46(47)41-20-11-6-12-21-41/h3-36H,2H2,1H3/b4-3-,17-8-. The van der Waals surface area contributed by atoms with Gasteiger partial charge in [-0.15, -0.1) is 0 Å². The highest BCUT2D eigenvalue weighted by Gasteiger charge is 2.18. The van der Waals surface area contributed by atoms with Crippen LogP contribution in [0.25, 0.3) is 50.1 Å². The summed E-state index contributed by atoms with van der Waals surface area (Å²) in [5.41, 5.74) is 14.9. The third kappa shape index (κ3) is 7.04. The van der Waals surface area contributed by atoms with Crippen LogP contribution in [0.2, 0.25) is 0 Å². The van der Waals surface area contributed by atoms with E-state index in [2.05, 4.69) is 193 Å². The zero-order valence-corrected chi connectivity index (χ0v) is 28.3. The van der Waals surface area contributed by atoms with Gasteiger partial charge in [0.05, 0.1) is 0 Å². The molecule has 1 nitrogen and oxygen atoms in total. The second-order valence-electron chi connectivity index (χ2n) is 12.2. The van der Waals surface area contributed by atoms with Crippen molar-refractivity contribution in [2.75, 3.05) is 4.90 Å². The molecule has 240 valence electrons. The van der Waals surface area contributed by atoms with Gasteiger partial charge in [-0.1, -0.05) is 176 Å². The van der Waals surface area contributed by atoms with Crippen LogP contribution in [-0.2, 0) is 0 Å². The van der Waals surface area contributed by atoms with Crippen LogP contribution in [0.1, 0.15) is 12.5 Å². The molecule has 0 amide bonds. The summed E-state index contributed by atoms with van der Waals surface area (Å²) in [5.74, 6) is 0. The van der Waals surface area contributed by atoms with Crippen molar-refractivity contribution in [3.63, 3.8) is 0 Å². The molecule has 0 aliphatic heterocycles. The fraction of sp³-hybridized carbons (Fsp3) is 0.0204. The maximum atomic E-state index is 4.30. The summed E-state index contributed by atoms with van der Waals surface area (Å²) in [4.78, 5) is 2.34. The van der Waals surface area contributed by atoms with Gasteiger partial charge in [0, 0.05) is 17.1 Å². The minimum atomic E-state index is 0.973. The molecule has 0 saturated carbocycles. The Morgan fingerprint density at radius 2 is 0.880 bits per heavy atom. The molecule has 0 bridgehead atoms. The molecule has 7 rings (SSSR count). The lowest BCUT2D eigenvalue weighted by molar-refractivity contribution is 1.28. The number of benzene rings is 7. The monoisotopic (exact) mass is 641 g/mol. The van der Waals surface area contributed by atoms with E-state index in [1.54, 1.807) is 0 Å². The molecular weight excluding hydrogens is 603 g/mol. The summed E-state index contributed by atoms with van der Waals surface area (Å²) in [6.07, 6.45) is 8.11. The average Bonchev–Trinajstić information content (AvgIpc) is 3.19. The molecule has 0 heterocycles. The molecule has 0 aliphatic carbocycles. The Morgan fingerprint density at radius 1 is 0.420 bits per heavy atom. The van der Waals surface area contributed by atoms with E-state index in [1.165, 1.54) is 44.5 Å². The van der Waals surface area contributed by atoms with Gasteiger partial charge in [-0.3, -0.25) is 0 Å². The SMILES string of the molecule is C=C(/C=C\C=C/C)c1ccc(N(c2ccc(-c3ccccc3)cc2)c2ccc(-c3ccccc3-c3ccccc3)c(-c3ccccc3)c2)cc1. The number of anilines is 3. The van der Waals surface area contributed by atoms with Crippen LogP contribution in [-0.4, -0.2) is 0 Å². The van der Waals surface area contributed by atoms with Crippen molar-refractivity contribution in [3.05, 3.63) is 218 Å². The molecule has 7 aromatic rings. The first-order chi connectivity index (χ1) is 24.7. The number of allylic oxidation sites excluding steroid dienone is 5. The second kappa shape index (κ2) is 15.2. The Bertz CT molecular complexity index is 2240. The van der Waals surface area contributed by atoms with Crippen LogP contribution >= 0.6 is 0 Å². The summed E-state index contributed by atoms with van der Waals surface area (Å²) in [6, 6.07) is 65.0. The lowest BCUT2D eigenvalue weighted by atomic mass is 9.89. The zero-order chi connectivity index (χ0) is 34.1. The average molecular weight is 642 g/mol. The topological polar surface area (TPSA) is 3.24 Å². The molecule has 0 radical (unpaired) electrons. The minimum Gasteiger partial charge on any atom is -0.310 e. The van der Waals surface area contributed by atoms with Crippen molar-refractivity contribution in [1.82, 2.24) is 0 Å². The molecule has 0 aromatic heterocycles. The van der Waals surface area contributed by atoms with E-state index in [9.17, 15) is 0 Å². The molecule has 7 aromatic carbocycles. The molecule has 0 unspecified atom stereocenters. The Balaban J connectivity index is 1.37. The molecule has 1 heteroatoms. The highest BCUT2D eigenvalue weighted by atomic mass is 15.1. The lowest BCUT2D eigenvalue weighted by Crippen LogP contribution is -2.10. The first-order valence-corrected chi connectivity index (χ1v) is 17.1. The maximum Gasteiger partial charge on any atom is 0.0468 e. The number of hydrogen-bond acceptors (Lipinski definition) is 1. The van der Waals surface area contributed by atoms with E-state index < -0.39 is 0 Å².